The minimum atomic E-state index is -0.965. The second kappa shape index (κ2) is 5.14. The van der Waals surface area contributed by atoms with Crippen molar-refractivity contribution in [3.05, 3.63) is 53.6 Å². The number of aromatic carboxylic acids is 1. The molecule has 2 aromatic rings. The van der Waals surface area contributed by atoms with Gasteiger partial charge in [0.15, 0.2) is 0 Å². The Hall–Kier alpha value is -2.29. The third kappa shape index (κ3) is 2.94. The van der Waals surface area contributed by atoms with Crippen LogP contribution in [0.4, 0.5) is 5.69 Å². The van der Waals surface area contributed by atoms with Gasteiger partial charge in [-0.25, -0.2) is 4.79 Å². The van der Waals surface area contributed by atoms with E-state index in [0.29, 0.717) is 11.6 Å². The molecular formula is C16H17NO2. The van der Waals surface area contributed by atoms with Gasteiger partial charge >= 0.3 is 5.97 Å². The quantitative estimate of drug-likeness (QED) is 0.821. The number of rotatable bonds is 3. The monoisotopic (exact) mass is 255 g/mol. The van der Waals surface area contributed by atoms with Gasteiger partial charge < -0.3 is 10.8 Å². The van der Waals surface area contributed by atoms with Crippen LogP contribution in [0.1, 0.15) is 35.7 Å². The van der Waals surface area contributed by atoms with E-state index in [2.05, 4.69) is 26.0 Å². The van der Waals surface area contributed by atoms with E-state index in [4.69, 9.17) is 10.8 Å². The van der Waals surface area contributed by atoms with Gasteiger partial charge in [-0.15, -0.1) is 0 Å². The summed E-state index contributed by atoms with van der Waals surface area (Å²) in [6.07, 6.45) is 0. The SMILES string of the molecule is CC(C)c1ccc(-c2cc(N)cc(C(=O)O)c2)cc1. The molecule has 0 unspecified atom stereocenters. The highest BCUT2D eigenvalue weighted by Gasteiger charge is 2.07. The molecule has 19 heavy (non-hydrogen) atoms. The smallest absolute Gasteiger partial charge is 0.335 e. The lowest BCUT2D eigenvalue weighted by Gasteiger charge is -2.08. The van der Waals surface area contributed by atoms with Crippen LogP contribution in [0, 0.1) is 0 Å². The highest BCUT2D eigenvalue weighted by molar-refractivity contribution is 5.91. The van der Waals surface area contributed by atoms with E-state index < -0.39 is 5.97 Å². The van der Waals surface area contributed by atoms with Crippen molar-refractivity contribution >= 4 is 11.7 Å². The molecule has 0 atom stereocenters. The lowest BCUT2D eigenvalue weighted by atomic mass is 9.97. The van der Waals surface area contributed by atoms with E-state index in [1.807, 2.05) is 12.1 Å². The zero-order valence-corrected chi connectivity index (χ0v) is 11.1. The molecule has 0 bridgehead atoms. The molecule has 0 aliphatic carbocycles. The van der Waals surface area contributed by atoms with Crippen LogP contribution in [0.2, 0.25) is 0 Å². The molecule has 0 aliphatic rings. The Morgan fingerprint density at radius 3 is 2.21 bits per heavy atom. The summed E-state index contributed by atoms with van der Waals surface area (Å²) in [4.78, 5) is 11.0. The van der Waals surface area contributed by atoms with Crippen LogP contribution in [-0.4, -0.2) is 11.1 Å². The summed E-state index contributed by atoms with van der Waals surface area (Å²) >= 11 is 0. The van der Waals surface area contributed by atoms with Crippen molar-refractivity contribution in [3.8, 4) is 11.1 Å². The fraction of sp³-hybridized carbons (Fsp3) is 0.188. The number of hydrogen-bond donors (Lipinski definition) is 2. The topological polar surface area (TPSA) is 63.3 Å². The van der Waals surface area contributed by atoms with Gasteiger partial charge in [0.1, 0.15) is 0 Å². The van der Waals surface area contributed by atoms with Crippen molar-refractivity contribution in [2.24, 2.45) is 0 Å². The van der Waals surface area contributed by atoms with E-state index >= 15 is 0 Å². The summed E-state index contributed by atoms with van der Waals surface area (Å²) in [5.74, 6) is -0.489. The molecular weight excluding hydrogens is 238 g/mol. The Labute approximate surface area is 112 Å². The molecule has 0 amide bonds. The van der Waals surface area contributed by atoms with Crippen LogP contribution in [0.15, 0.2) is 42.5 Å². The van der Waals surface area contributed by atoms with E-state index in [9.17, 15) is 4.79 Å². The summed E-state index contributed by atoms with van der Waals surface area (Å²) in [7, 11) is 0. The molecule has 0 fully saturated rings. The molecule has 98 valence electrons. The van der Waals surface area contributed by atoms with Crippen molar-refractivity contribution in [3.63, 3.8) is 0 Å². The standard InChI is InChI=1S/C16H17NO2/c1-10(2)11-3-5-12(6-4-11)13-7-14(16(18)19)9-15(17)8-13/h3-10H,17H2,1-2H3,(H,18,19). The normalized spacial score (nSPS) is 10.7. The van der Waals surface area contributed by atoms with E-state index in [-0.39, 0.29) is 5.56 Å². The first-order valence-electron chi connectivity index (χ1n) is 6.21. The highest BCUT2D eigenvalue weighted by atomic mass is 16.4. The van der Waals surface area contributed by atoms with Crippen molar-refractivity contribution in [1.29, 1.82) is 0 Å². The van der Waals surface area contributed by atoms with Crippen LogP contribution in [0.5, 0.6) is 0 Å². The number of hydrogen-bond acceptors (Lipinski definition) is 2. The van der Waals surface area contributed by atoms with Crippen molar-refractivity contribution in [2.75, 3.05) is 5.73 Å². The summed E-state index contributed by atoms with van der Waals surface area (Å²) in [6.45, 7) is 4.27. The number of carbonyl (C=O) groups is 1. The number of carboxylic acids is 1. The minimum Gasteiger partial charge on any atom is -0.478 e. The number of carboxylic acid groups (broad SMARTS) is 1. The van der Waals surface area contributed by atoms with Gasteiger partial charge in [0.25, 0.3) is 0 Å². The number of benzene rings is 2. The Morgan fingerprint density at radius 1 is 1.05 bits per heavy atom. The van der Waals surface area contributed by atoms with Gasteiger partial charge in [0, 0.05) is 5.69 Å². The van der Waals surface area contributed by atoms with Crippen LogP contribution in [0.3, 0.4) is 0 Å². The molecule has 0 saturated heterocycles. The third-order valence-corrected chi connectivity index (χ3v) is 3.11. The van der Waals surface area contributed by atoms with Gasteiger partial charge in [-0.05, 0) is 40.8 Å². The zero-order valence-electron chi connectivity index (χ0n) is 11.1. The van der Waals surface area contributed by atoms with Gasteiger partial charge in [0.05, 0.1) is 5.56 Å². The second-order valence-corrected chi connectivity index (χ2v) is 4.93. The summed E-state index contributed by atoms with van der Waals surface area (Å²) in [5.41, 5.74) is 9.48. The van der Waals surface area contributed by atoms with Crippen molar-refractivity contribution in [2.45, 2.75) is 19.8 Å². The molecule has 0 heterocycles. The average Bonchev–Trinajstić information content (AvgIpc) is 2.38. The summed E-state index contributed by atoms with van der Waals surface area (Å²) < 4.78 is 0. The molecule has 3 nitrogen and oxygen atoms in total. The summed E-state index contributed by atoms with van der Waals surface area (Å²) in [5, 5.41) is 9.04. The third-order valence-electron chi connectivity index (χ3n) is 3.11. The maximum atomic E-state index is 11.0. The molecule has 2 aromatic carbocycles. The van der Waals surface area contributed by atoms with E-state index in [1.54, 1.807) is 12.1 Å². The van der Waals surface area contributed by atoms with Crippen molar-refractivity contribution in [1.82, 2.24) is 0 Å². The molecule has 0 aromatic heterocycles. The van der Waals surface area contributed by atoms with Crippen LogP contribution >= 0.6 is 0 Å². The molecule has 0 spiro atoms. The lowest BCUT2D eigenvalue weighted by molar-refractivity contribution is 0.0697. The Morgan fingerprint density at radius 2 is 1.68 bits per heavy atom. The van der Waals surface area contributed by atoms with Gasteiger partial charge in [0.2, 0.25) is 0 Å². The second-order valence-electron chi connectivity index (χ2n) is 4.93. The Bertz CT molecular complexity index is 601. The molecule has 0 aliphatic heterocycles. The molecule has 3 heteroatoms. The summed E-state index contributed by atoms with van der Waals surface area (Å²) in [6, 6.07) is 13.0. The van der Waals surface area contributed by atoms with Crippen molar-refractivity contribution < 1.29 is 9.90 Å². The van der Waals surface area contributed by atoms with Gasteiger partial charge in [-0.3, -0.25) is 0 Å². The molecule has 3 N–H and O–H groups in total. The zero-order chi connectivity index (χ0) is 14.0. The average molecular weight is 255 g/mol. The van der Waals surface area contributed by atoms with Crippen LogP contribution in [-0.2, 0) is 0 Å². The first-order chi connectivity index (χ1) is 8.97. The first kappa shape index (κ1) is 13.1. The van der Waals surface area contributed by atoms with Crippen LogP contribution in [0.25, 0.3) is 11.1 Å². The minimum absolute atomic E-state index is 0.211. The molecule has 0 radical (unpaired) electrons. The fourth-order valence-electron chi connectivity index (χ4n) is 2.00. The fourth-order valence-corrected chi connectivity index (χ4v) is 2.00. The van der Waals surface area contributed by atoms with E-state index in [1.165, 1.54) is 11.6 Å². The van der Waals surface area contributed by atoms with Gasteiger partial charge in [-0.2, -0.15) is 0 Å². The predicted molar refractivity (Wildman–Crippen MR) is 77.3 cm³/mol. The molecule has 0 saturated carbocycles. The molecule has 2 rings (SSSR count). The Kier molecular flexibility index (Phi) is 3.56. The predicted octanol–water partition coefficient (Wildman–Crippen LogP) is 3.76. The lowest BCUT2D eigenvalue weighted by Crippen LogP contribution is -1.98. The van der Waals surface area contributed by atoms with Gasteiger partial charge in [-0.1, -0.05) is 38.1 Å². The number of anilines is 1. The Balaban J connectivity index is 2.43. The van der Waals surface area contributed by atoms with E-state index in [0.717, 1.165) is 11.1 Å². The van der Waals surface area contributed by atoms with Crippen LogP contribution < -0.4 is 5.73 Å². The highest BCUT2D eigenvalue weighted by Crippen LogP contribution is 2.25. The maximum absolute atomic E-state index is 11.0. The number of nitrogens with two attached hydrogens (primary N) is 1. The maximum Gasteiger partial charge on any atom is 0.335 e. The first-order valence-corrected chi connectivity index (χ1v) is 6.21. The number of nitrogen functional groups attached to an aromatic ring is 1. The largest absolute Gasteiger partial charge is 0.478 e.